The van der Waals surface area contributed by atoms with E-state index in [4.69, 9.17) is 9.84 Å². The molecule has 1 aromatic carbocycles. The Balaban J connectivity index is 2.35. The molecule has 0 radical (unpaired) electrons. The number of urea groups is 1. The summed E-state index contributed by atoms with van der Waals surface area (Å²) in [5, 5.41) is 13.6. The highest BCUT2D eigenvalue weighted by molar-refractivity contribution is 5.74. The number of rotatable bonds is 6. The molecule has 0 spiro atoms. The molecule has 21 heavy (non-hydrogen) atoms. The third-order valence-corrected chi connectivity index (χ3v) is 2.42. The molecular weight excluding hydrogens is 272 g/mol. The van der Waals surface area contributed by atoms with Crippen molar-refractivity contribution >= 4 is 12.0 Å². The Hall–Kier alpha value is -2.24. The fourth-order valence-electron chi connectivity index (χ4n) is 1.56. The number of ether oxygens (including phenoxy) is 1. The molecule has 1 aromatic rings. The SMILES string of the molecule is CC(C)(C)Oc1ccc(CNC(=O)NCCC(=O)O)cc1. The second-order valence-corrected chi connectivity index (χ2v) is 5.61. The maximum absolute atomic E-state index is 11.4. The second-order valence-electron chi connectivity index (χ2n) is 5.61. The van der Waals surface area contributed by atoms with Gasteiger partial charge in [0.15, 0.2) is 0 Å². The normalized spacial score (nSPS) is 10.8. The van der Waals surface area contributed by atoms with Crippen molar-refractivity contribution < 1.29 is 19.4 Å². The number of carboxylic acids is 1. The smallest absolute Gasteiger partial charge is 0.315 e. The van der Waals surface area contributed by atoms with Crippen molar-refractivity contribution in [3.05, 3.63) is 29.8 Å². The Morgan fingerprint density at radius 1 is 1.14 bits per heavy atom. The average molecular weight is 294 g/mol. The molecule has 1 rings (SSSR count). The third kappa shape index (κ3) is 7.81. The van der Waals surface area contributed by atoms with E-state index in [0.29, 0.717) is 6.54 Å². The van der Waals surface area contributed by atoms with Gasteiger partial charge in [-0.05, 0) is 38.5 Å². The summed E-state index contributed by atoms with van der Waals surface area (Å²) < 4.78 is 5.70. The van der Waals surface area contributed by atoms with E-state index >= 15 is 0 Å². The van der Waals surface area contributed by atoms with Crippen molar-refractivity contribution in [2.75, 3.05) is 6.54 Å². The van der Waals surface area contributed by atoms with Crippen LogP contribution in [0.1, 0.15) is 32.8 Å². The lowest BCUT2D eigenvalue weighted by Crippen LogP contribution is -2.36. The van der Waals surface area contributed by atoms with Crippen molar-refractivity contribution in [1.29, 1.82) is 0 Å². The van der Waals surface area contributed by atoms with Gasteiger partial charge < -0.3 is 20.5 Å². The Labute approximate surface area is 124 Å². The molecule has 2 amide bonds. The lowest BCUT2D eigenvalue weighted by atomic mass is 10.1. The summed E-state index contributed by atoms with van der Waals surface area (Å²) in [5.74, 6) is -0.165. The predicted octanol–water partition coefficient (Wildman–Crippen LogP) is 2.14. The first-order valence-electron chi connectivity index (χ1n) is 6.78. The second kappa shape index (κ2) is 7.52. The maximum atomic E-state index is 11.4. The summed E-state index contributed by atoms with van der Waals surface area (Å²) in [6.45, 7) is 6.41. The molecule has 116 valence electrons. The Morgan fingerprint density at radius 2 is 1.76 bits per heavy atom. The van der Waals surface area contributed by atoms with Crippen LogP contribution in [0.25, 0.3) is 0 Å². The van der Waals surface area contributed by atoms with E-state index in [9.17, 15) is 9.59 Å². The van der Waals surface area contributed by atoms with E-state index < -0.39 is 5.97 Å². The lowest BCUT2D eigenvalue weighted by Gasteiger charge is -2.21. The predicted molar refractivity (Wildman–Crippen MR) is 79.3 cm³/mol. The number of benzene rings is 1. The summed E-state index contributed by atoms with van der Waals surface area (Å²) in [6.07, 6.45) is -0.0910. The van der Waals surface area contributed by atoms with Crippen LogP contribution in [0.15, 0.2) is 24.3 Å². The quantitative estimate of drug-likeness (QED) is 0.750. The van der Waals surface area contributed by atoms with Gasteiger partial charge in [-0.25, -0.2) is 4.79 Å². The van der Waals surface area contributed by atoms with Gasteiger partial charge in [0.05, 0.1) is 6.42 Å². The molecule has 0 atom stereocenters. The highest BCUT2D eigenvalue weighted by atomic mass is 16.5. The Bertz CT molecular complexity index is 477. The van der Waals surface area contributed by atoms with Crippen LogP contribution < -0.4 is 15.4 Å². The van der Waals surface area contributed by atoms with Gasteiger partial charge in [0.25, 0.3) is 0 Å². The number of carbonyl (C=O) groups excluding carboxylic acids is 1. The zero-order valence-electron chi connectivity index (χ0n) is 12.6. The molecule has 0 saturated heterocycles. The minimum absolute atomic E-state index is 0.0910. The molecule has 0 aliphatic heterocycles. The van der Waals surface area contributed by atoms with Gasteiger partial charge in [-0.3, -0.25) is 4.79 Å². The topological polar surface area (TPSA) is 87.7 Å². The maximum Gasteiger partial charge on any atom is 0.315 e. The molecule has 0 aliphatic carbocycles. The van der Waals surface area contributed by atoms with Crippen molar-refractivity contribution in [2.24, 2.45) is 0 Å². The van der Waals surface area contributed by atoms with Crippen molar-refractivity contribution in [3.8, 4) is 5.75 Å². The molecular formula is C15H22N2O4. The summed E-state index contributed by atoms with van der Waals surface area (Å²) in [7, 11) is 0. The fourth-order valence-corrected chi connectivity index (χ4v) is 1.56. The molecule has 0 fully saturated rings. The first-order valence-corrected chi connectivity index (χ1v) is 6.78. The lowest BCUT2D eigenvalue weighted by molar-refractivity contribution is -0.136. The van der Waals surface area contributed by atoms with Crippen LogP contribution in [0.5, 0.6) is 5.75 Å². The van der Waals surface area contributed by atoms with Gasteiger partial charge in [-0.1, -0.05) is 12.1 Å². The minimum Gasteiger partial charge on any atom is -0.488 e. The summed E-state index contributed by atoms with van der Waals surface area (Å²) in [5.41, 5.74) is 0.689. The number of carboxylic acid groups (broad SMARTS) is 1. The van der Waals surface area contributed by atoms with Crippen molar-refractivity contribution in [1.82, 2.24) is 10.6 Å². The first kappa shape index (κ1) is 16.8. The van der Waals surface area contributed by atoms with Crippen LogP contribution in [0, 0.1) is 0 Å². The molecule has 0 heterocycles. The monoisotopic (exact) mass is 294 g/mol. The van der Waals surface area contributed by atoms with E-state index in [1.165, 1.54) is 0 Å². The number of amides is 2. The van der Waals surface area contributed by atoms with Crippen LogP contribution in [0.4, 0.5) is 4.79 Å². The number of carbonyl (C=O) groups is 2. The fraction of sp³-hybridized carbons (Fsp3) is 0.467. The highest BCUT2D eigenvalue weighted by Gasteiger charge is 2.11. The molecule has 0 unspecified atom stereocenters. The Morgan fingerprint density at radius 3 is 2.29 bits per heavy atom. The van der Waals surface area contributed by atoms with Crippen LogP contribution >= 0.6 is 0 Å². The molecule has 0 aromatic heterocycles. The largest absolute Gasteiger partial charge is 0.488 e. The average Bonchev–Trinajstić information content (AvgIpc) is 2.35. The standard InChI is InChI=1S/C15H22N2O4/c1-15(2,3)21-12-6-4-11(5-7-12)10-17-14(20)16-9-8-13(18)19/h4-7H,8-10H2,1-3H3,(H,18,19)(H2,16,17,20). The molecule has 0 aliphatic rings. The van der Waals surface area contributed by atoms with Gasteiger partial charge >= 0.3 is 12.0 Å². The zero-order chi connectivity index (χ0) is 15.9. The van der Waals surface area contributed by atoms with Gasteiger partial charge in [-0.15, -0.1) is 0 Å². The van der Waals surface area contributed by atoms with Gasteiger partial charge in [0.2, 0.25) is 0 Å². The van der Waals surface area contributed by atoms with Crippen LogP contribution in [-0.2, 0) is 11.3 Å². The van der Waals surface area contributed by atoms with E-state index in [-0.39, 0.29) is 24.6 Å². The van der Waals surface area contributed by atoms with Crippen LogP contribution in [0.2, 0.25) is 0 Å². The summed E-state index contributed by atoms with van der Waals surface area (Å²) >= 11 is 0. The van der Waals surface area contributed by atoms with Crippen LogP contribution in [-0.4, -0.2) is 29.3 Å². The third-order valence-electron chi connectivity index (χ3n) is 2.42. The van der Waals surface area contributed by atoms with E-state index in [1.807, 2.05) is 45.0 Å². The van der Waals surface area contributed by atoms with E-state index in [0.717, 1.165) is 11.3 Å². The van der Waals surface area contributed by atoms with Gasteiger partial charge in [0, 0.05) is 13.1 Å². The van der Waals surface area contributed by atoms with Crippen molar-refractivity contribution in [3.63, 3.8) is 0 Å². The minimum atomic E-state index is -0.940. The van der Waals surface area contributed by atoms with Crippen molar-refractivity contribution in [2.45, 2.75) is 39.3 Å². The highest BCUT2D eigenvalue weighted by Crippen LogP contribution is 2.18. The van der Waals surface area contributed by atoms with Crippen LogP contribution in [0.3, 0.4) is 0 Å². The van der Waals surface area contributed by atoms with E-state index in [1.54, 1.807) is 0 Å². The number of aliphatic carboxylic acids is 1. The number of nitrogens with one attached hydrogen (secondary N) is 2. The molecule has 6 nitrogen and oxygen atoms in total. The molecule has 6 heteroatoms. The van der Waals surface area contributed by atoms with Gasteiger partial charge in [-0.2, -0.15) is 0 Å². The number of hydrogen-bond acceptors (Lipinski definition) is 3. The molecule has 0 saturated carbocycles. The van der Waals surface area contributed by atoms with E-state index in [2.05, 4.69) is 10.6 Å². The zero-order valence-corrected chi connectivity index (χ0v) is 12.6. The molecule has 3 N–H and O–H groups in total. The summed E-state index contributed by atoms with van der Waals surface area (Å²) in [6, 6.07) is 7.07. The Kier molecular flexibility index (Phi) is 6.02. The number of hydrogen-bond donors (Lipinski definition) is 3. The van der Waals surface area contributed by atoms with Gasteiger partial charge in [0.1, 0.15) is 11.4 Å². The summed E-state index contributed by atoms with van der Waals surface area (Å²) in [4.78, 5) is 21.7. The molecule has 0 bridgehead atoms. The first-order chi connectivity index (χ1) is 9.76.